The fraction of sp³-hybridized carbons (Fsp3) is 0.556. The lowest BCUT2D eigenvalue weighted by atomic mass is 10.0. The number of benzene rings is 1. The Hall–Kier alpha value is -1.26. The Balaban J connectivity index is 1.47. The van der Waals surface area contributed by atoms with Crippen LogP contribution in [-0.4, -0.2) is 6.10 Å². The largest absolute Gasteiger partial charge is 0.365 e. The third-order valence-electron chi connectivity index (χ3n) is 3.77. The number of hydrogen-bond acceptors (Lipinski definition) is 1. The molecule has 0 aliphatic carbocycles. The molecule has 2 atom stereocenters. The maximum atomic E-state index is 5.74. The van der Waals surface area contributed by atoms with E-state index in [2.05, 4.69) is 36.3 Å². The van der Waals surface area contributed by atoms with Crippen molar-refractivity contribution in [2.75, 3.05) is 0 Å². The fourth-order valence-corrected chi connectivity index (χ4v) is 2.58. The summed E-state index contributed by atoms with van der Waals surface area (Å²) in [5.41, 5.74) is 1.33. The molecule has 1 saturated heterocycles. The van der Waals surface area contributed by atoms with E-state index in [0.29, 0.717) is 12.2 Å². The zero-order chi connectivity index (χ0) is 13.3. The lowest BCUT2D eigenvalue weighted by Crippen LogP contribution is -1.89. The smallest absolute Gasteiger partial charge is 0.109 e. The van der Waals surface area contributed by atoms with Gasteiger partial charge in [-0.15, -0.1) is 12.3 Å². The van der Waals surface area contributed by atoms with Crippen LogP contribution >= 0.6 is 0 Å². The zero-order valence-corrected chi connectivity index (χ0v) is 11.7. The summed E-state index contributed by atoms with van der Waals surface area (Å²) < 4.78 is 5.74. The highest BCUT2D eigenvalue weighted by Crippen LogP contribution is 2.41. The molecule has 1 aromatic rings. The van der Waals surface area contributed by atoms with E-state index < -0.39 is 0 Å². The molecule has 1 heteroatoms. The van der Waals surface area contributed by atoms with Crippen LogP contribution in [0, 0.1) is 12.3 Å². The Kier molecular flexibility index (Phi) is 5.98. The molecule has 1 fully saturated rings. The van der Waals surface area contributed by atoms with Crippen LogP contribution in [-0.2, 0) is 4.74 Å². The van der Waals surface area contributed by atoms with Crippen LogP contribution in [0.2, 0.25) is 0 Å². The molecule has 19 heavy (non-hydrogen) atoms. The predicted octanol–water partition coefficient (Wildman–Crippen LogP) is 4.88. The number of rotatable bonds is 9. The minimum Gasteiger partial charge on any atom is -0.365 e. The Bertz CT molecular complexity index is 390. The van der Waals surface area contributed by atoms with Gasteiger partial charge in [0.15, 0.2) is 0 Å². The van der Waals surface area contributed by atoms with Crippen LogP contribution in [0.15, 0.2) is 30.3 Å². The second-order valence-corrected chi connectivity index (χ2v) is 5.37. The van der Waals surface area contributed by atoms with E-state index in [1.165, 1.54) is 50.5 Å². The van der Waals surface area contributed by atoms with Gasteiger partial charge < -0.3 is 4.74 Å². The SMILES string of the molecule is C#CCCCCCCCC[C@H]1O[C@@H]1c1ccccc1. The van der Waals surface area contributed by atoms with Crippen molar-refractivity contribution >= 4 is 0 Å². The van der Waals surface area contributed by atoms with Crippen LogP contribution in [0.5, 0.6) is 0 Å². The Morgan fingerprint density at radius 1 is 0.947 bits per heavy atom. The molecule has 1 aliphatic rings. The summed E-state index contributed by atoms with van der Waals surface area (Å²) >= 11 is 0. The summed E-state index contributed by atoms with van der Waals surface area (Å²) in [6.07, 6.45) is 16.0. The van der Waals surface area contributed by atoms with Crippen molar-refractivity contribution < 1.29 is 4.74 Å². The third kappa shape index (κ3) is 5.09. The first kappa shape index (κ1) is 14.2. The van der Waals surface area contributed by atoms with Gasteiger partial charge in [0, 0.05) is 6.42 Å². The van der Waals surface area contributed by atoms with Crippen LogP contribution in [0.4, 0.5) is 0 Å². The zero-order valence-electron chi connectivity index (χ0n) is 11.7. The lowest BCUT2D eigenvalue weighted by molar-refractivity contribution is 0.360. The quantitative estimate of drug-likeness (QED) is 0.348. The number of ether oxygens (including phenoxy) is 1. The normalized spacial score (nSPS) is 21.0. The summed E-state index contributed by atoms with van der Waals surface area (Å²) in [6, 6.07) is 10.6. The van der Waals surface area contributed by atoms with Gasteiger partial charge in [0.25, 0.3) is 0 Å². The summed E-state index contributed by atoms with van der Waals surface area (Å²) in [7, 11) is 0. The van der Waals surface area contributed by atoms with E-state index in [1.807, 2.05) is 0 Å². The van der Waals surface area contributed by atoms with Crippen LogP contribution in [0.1, 0.15) is 63.0 Å². The minimum atomic E-state index is 0.372. The average Bonchev–Trinajstić information content (AvgIpc) is 3.22. The van der Waals surface area contributed by atoms with E-state index in [9.17, 15) is 0 Å². The Morgan fingerprint density at radius 3 is 2.37 bits per heavy atom. The van der Waals surface area contributed by atoms with E-state index in [1.54, 1.807) is 0 Å². The van der Waals surface area contributed by atoms with Gasteiger partial charge >= 0.3 is 0 Å². The van der Waals surface area contributed by atoms with E-state index in [4.69, 9.17) is 11.2 Å². The summed E-state index contributed by atoms with van der Waals surface area (Å²) in [5.74, 6) is 2.70. The van der Waals surface area contributed by atoms with Crippen molar-refractivity contribution in [1.82, 2.24) is 0 Å². The average molecular weight is 256 g/mol. The van der Waals surface area contributed by atoms with Crippen LogP contribution < -0.4 is 0 Å². The molecule has 0 radical (unpaired) electrons. The number of unbranched alkanes of at least 4 members (excludes halogenated alkanes) is 6. The molecule has 0 amide bonds. The number of hydrogen-bond donors (Lipinski definition) is 0. The monoisotopic (exact) mass is 256 g/mol. The first-order valence-corrected chi connectivity index (χ1v) is 7.55. The lowest BCUT2D eigenvalue weighted by Gasteiger charge is -1.99. The van der Waals surface area contributed by atoms with Crippen molar-refractivity contribution in [2.24, 2.45) is 0 Å². The first-order chi connectivity index (χ1) is 9.42. The van der Waals surface area contributed by atoms with Crippen molar-refractivity contribution in [3.05, 3.63) is 35.9 Å². The summed E-state index contributed by atoms with van der Waals surface area (Å²) in [5, 5.41) is 0. The second-order valence-electron chi connectivity index (χ2n) is 5.37. The molecule has 0 spiro atoms. The number of terminal acetylenes is 1. The molecule has 1 aromatic carbocycles. The highest BCUT2D eigenvalue weighted by atomic mass is 16.6. The standard InChI is InChI=1S/C18H24O/c1-2-3-4-5-6-7-8-12-15-17-18(19-17)16-13-10-9-11-14-16/h1,9-11,13-14,17-18H,3-8,12,15H2/t17-,18-/m1/s1. The van der Waals surface area contributed by atoms with Crippen molar-refractivity contribution in [3.8, 4) is 12.3 Å². The van der Waals surface area contributed by atoms with E-state index in [0.717, 1.165) is 6.42 Å². The van der Waals surface area contributed by atoms with Gasteiger partial charge in [-0.2, -0.15) is 0 Å². The van der Waals surface area contributed by atoms with Crippen LogP contribution in [0.3, 0.4) is 0 Å². The Morgan fingerprint density at radius 2 is 1.63 bits per heavy atom. The highest BCUT2D eigenvalue weighted by molar-refractivity contribution is 5.22. The Labute approximate surface area is 117 Å². The van der Waals surface area contributed by atoms with Gasteiger partial charge in [0.05, 0.1) is 6.10 Å². The summed E-state index contributed by atoms with van der Waals surface area (Å²) in [4.78, 5) is 0. The first-order valence-electron chi connectivity index (χ1n) is 7.55. The molecule has 0 N–H and O–H groups in total. The highest BCUT2D eigenvalue weighted by Gasteiger charge is 2.38. The molecule has 2 rings (SSSR count). The van der Waals surface area contributed by atoms with Gasteiger partial charge in [-0.25, -0.2) is 0 Å². The fourth-order valence-electron chi connectivity index (χ4n) is 2.58. The van der Waals surface area contributed by atoms with Crippen LogP contribution in [0.25, 0.3) is 0 Å². The molecule has 0 bridgehead atoms. The van der Waals surface area contributed by atoms with Crippen molar-refractivity contribution in [2.45, 2.75) is 63.6 Å². The van der Waals surface area contributed by atoms with E-state index in [-0.39, 0.29) is 0 Å². The molecular formula is C18H24O. The van der Waals surface area contributed by atoms with Crippen molar-refractivity contribution in [1.29, 1.82) is 0 Å². The molecule has 1 heterocycles. The molecule has 0 saturated carbocycles. The van der Waals surface area contributed by atoms with Gasteiger partial charge in [0.2, 0.25) is 0 Å². The summed E-state index contributed by atoms with van der Waals surface area (Å²) in [6.45, 7) is 0. The molecule has 102 valence electrons. The molecule has 0 aromatic heterocycles. The maximum absolute atomic E-state index is 5.74. The van der Waals surface area contributed by atoms with Crippen molar-refractivity contribution in [3.63, 3.8) is 0 Å². The minimum absolute atomic E-state index is 0.372. The molecule has 0 unspecified atom stereocenters. The van der Waals surface area contributed by atoms with Gasteiger partial charge in [-0.05, 0) is 18.4 Å². The maximum Gasteiger partial charge on any atom is 0.109 e. The topological polar surface area (TPSA) is 12.5 Å². The van der Waals surface area contributed by atoms with Gasteiger partial charge in [-0.1, -0.05) is 62.4 Å². The van der Waals surface area contributed by atoms with Gasteiger partial charge in [-0.3, -0.25) is 0 Å². The second kappa shape index (κ2) is 8.02. The molecule has 1 aliphatic heterocycles. The van der Waals surface area contributed by atoms with E-state index >= 15 is 0 Å². The predicted molar refractivity (Wildman–Crippen MR) is 79.8 cm³/mol. The third-order valence-corrected chi connectivity index (χ3v) is 3.77. The molecule has 1 nitrogen and oxygen atoms in total. The number of epoxide rings is 1. The molecular weight excluding hydrogens is 232 g/mol. The van der Waals surface area contributed by atoms with Gasteiger partial charge in [0.1, 0.15) is 6.10 Å².